The number of ether oxygens (including phenoxy) is 1. The van der Waals surface area contributed by atoms with E-state index in [1.165, 1.54) is 0 Å². The second kappa shape index (κ2) is 5.25. The van der Waals surface area contributed by atoms with Gasteiger partial charge in [-0.15, -0.1) is 0 Å². The fourth-order valence-electron chi connectivity index (χ4n) is 1.42. The van der Waals surface area contributed by atoms with E-state index in [9.17, 15) is 9.59 Å². The Morgan fingerprint density at radius 3 is 2.44 bits per heavy atom. The summed E-state index contributed by atoms with van der Waals surface area (Å²) in [5.74, 6) is -0.731. The quantitative estimate of drug-likeness (QED) is 0.829. The number of aromatic nitrogens is 1. The molecule has 0 saturated carbocycles. The number of hydrogen-bond acceptors (Lipinski definition) is 3. The van der Waals surface area contributed by atoms with Gasteiger partial charge in [-0.2, -0.15) is 0 Å². The van der Waals surface area contributed by atoms with E-state index >= 15 is 0 Å². The Kier molecular flexibility index (Phi) is 4.16. The largest absolute Gasteiger partial charge is 0.458 e. The average Bonchev–Trinajstić information content (AvgIpc) is 2.61. The molecule has 1 N–H and O–H groups in total. The predicted molar refractivity (Wildman–Crippen MR) is 68.2 cm³/mol. The Hall–Kier alpha value is -1.78. The van der Waals surface area contributed by atoms with Crippen molar-refractivity contribution in [3.05, 3.63) is 24.0 Å². The molecule has 0 radical (unpaired) electrons. The van der Waals surface area contributed by atoms with Crippen LogP contribution in [0.3, 0.4) is 0 Å². The number of carbonyl (C=O) groups is 2. The highest BCUT2D eigenvalue weighted by Gasteiger charge is 2.23. The van der Waals surface area contributed by atoms with Gasteiger partial charge in [-0.3, -0.25) is 4.79 Å². The lowest BCUT2D eigenvalue weighted by molar-refractivity contribution is -0.156. The summed E-state index contributed by atoms with van der Waals surface area (Å²) in [7, 11) is 1.77. The maximum absolute atomic E-state index is 11.9. The highest BCUT2D eigenvalue weighted by atomic mass is 16.6. The molecule has 1 atom stereocenters. The van der Waals surface area contributed by atoms with Gasteiger partial charge in [0.25, 0.3) is 5.91 Å². The molecule has 5 nitrogen and oxygen atoms in total. The topological polar surface area (TPSA) is 60.3 Å². The number of carbonyl (C=O) groups excluding carboxylic acids is 2. The first-order valence-electron chi connectivity index (χ1n) is 5.86. The van der Waals surface area contributed by atoms with Crippen molar-refractivity contribution in [2.75, 3.05) is 0 Å². The highest BCUT2D eigenvalue weighted by Crippen LogP contribution is 2.08. The minimum atomic E-state index is -0.674. The van der Waals surface area contributed by atoms with E-state index in [2.05, 4.69) is 5.32 Å². The molecule has 0 spiro atoms. The Morgan fingerprint density at radius 2 is 2.00 bits per heavy atom. The number of nitrogens with one attached hydrogen (secondary N) is 1. The monoisotopic (exact) mass is 252 g/mol. The fourth-order valence-corrected chi connectivity index (χ4v) is 1.42. The van der Waals surface area contributed by atoms with Gasteiger partial charge in [0, 0.05) is 13.2 Å². The van der Waals surface area contributed by atoms with Crippen molar-refractivity contribution in [2.24, 2.45) is 7.05 Å². The summed E-state index contributed by atoms with van der Waals surface area (Å²) >= 11 is 0. The molecule has 1 rings (SSSR count). The van der Waals surface area contributed by atoms with Crippen LogP contribution in [0.5, 0.6) is 0 Å². The molecular formula is C13H20N2O3. The molecule has 1 aromatic rings. The maximum atomic E-state index is 11.9. The zero-order valence-electron chi connectivity index (χ0n) is 11.5. The second-order valence-corrected chi connectivity index (χ2v) is 5.23. The van der Waals surface area contributed by atoms with Crippen LogP contribution in [0.25, 0.3) is 0 Å². The van der Waals surface area contributed by atoms with Crippen molar-refractivity contribution in [3.63, 3.8) is 0 Å². The first-order chi connectivity index (χ1) is 8.20. The molecule has 0 aliphatic heterocycles. The van der Waals surface area contributed by atoms with Gasteiger partial charge in [0.05, 0.1) is 0 Å². The van der Waals surface area contributed by atoms with E-state index in [0.717, 1.165) is 0 Å². The number of rotatable bonds is 3. The first kappa shape index (κ1) is 14.3. The van der Waals surface area contributed by atoms with E-state index in [-0.39, 0.29) is 5.91 Å². The predicted octanol–water partition coefficient (Wildman–Crippen LogP) is 1.49. The molecule has 0 aromatic carbocycles. The highest BCUT2D eigenvalue weighted by molar-refractivity contribution is 5.95. The van der Waals surface area contributed by atoms with Crippen LogP contribution in [0, 0.1) is 0 Å². The third-order valence-electron chi connectivity index (χ3n) is 2.28. The van der Waals surface area contributed by atoms with Crippen LogP contribution < -0.4 is 5.32 Å². The molecule has 100 valence electrons. The summed E-state index contributed by atoms with van der Waals surface area (Å²) in [5, 5.41) is 2.61. The molecule has 1 aromatic heterocycles. The number of nitrogens with zero attached hydrogens (tertiary/aromatic N) is 1. The number of esters is 1. The van der Waals surface area contributed by atoms with Crippen LogP contribution in [0.15, 0.2) is 18.3 Å². The fraction of sp³-hybridized carbons (Fsp3) is 0.538. The summed E-state index contributed by atoms with van der Waals surface area (Å²) in [6, 6.07) is 2.79. The van der Waals surface area contributed by atoms with Gasteiger partial charge in [-0.25, -0.2) is 4.79 Å². The van der Waals surface area contributed by atoms with Gasteiger partial charge in [-0.05, 0) is 39.8 Å². The molecule has 0 bridgehead atoms. The molecule has 1 amide bonds. The van der Waals surface area contributed by atoms with Crippen LogP contribution >= 0.6 is 0 Å². The summed E-state index contributed by atoms with van der Waals surface area (Å²) < 4.78 is 6.88. The van der Waals surface area contributed by atoms with Gasteiger partial charge in [0.15, 0.2) is 0 Å². The van der Waals surface area contributed by atoms with Crippen molar-refractivity contribution in [2.45, 2.75) is 39.3 Å². The van der Waals surface area contributed by atoms with Crippen LogP contribution in [0.2, 0.25) is 0 Å². The third kappa shape index (κ3) is 3.91. The lowest BCUT2D eigenvalue weighted by Crippen LogP contribution is -2.42. The standard InChI is InChI=1S/C13H20N2O3/c1-9(12(17)18-13(2,3)4)14-11(16)10-7-6-8-15(10)5/h6-9H,1-5H3,(H,14,16)/t9-/m1/s1. The molecule has 0 saturated heterocycles. The van der Waals surface area contributed by atoms with Gasteiger partial charge >= 0.3 is 5.97 Å². The third-order valence-corrected chi connectivity index (χ3v) is 2.28. The number of aryl methyl sites for hydroxylation is 1. The Bertz CT molecular complexity index is 443. The summed E-state index contributed by atoms with van der Waals surface area (Å²) in [6.07, 6.45) is 1.77. The van der Waals surface area contributed by atoms with Crippen molar-refractivity contribution in [1.29, 1.82) is 0 Å². The van der Waals surface area contributed by atoms with E-state index in [4.69, 9.17) is 4.74 Å². The number of hydrogen-bond donors (Lipinski definition) is 1. The minimum Gasteiger partial charge on any atom is -0.458 e. The van der Waals surface area contributed by atoms with Crippen LogP contribution in [-0.2, 0) is 16.6 Å². The molecule has 0 unspecified atom stereocenters. The summed E-state index contributed by atoms with van der Waals surface area (Å²) in [5.41, 5.74) is -0.0495. The molecule has 0 aliphatic rings. The van der Waals surface area contributed by atoms with E-state index in [1.54, 1.807) is 57.6 Å². The van der Waals surface area contributed by atoms with Crippen molar-refractivity contribution >= 4 is 11.9 Å². The Labute approximate surface area is 107 Å². The molecular weight excluding hydrogens is 232 g/mol. The van der Waals surface area contributed by atoms with Gasteiger partial charge in [-0.1, -0.05) is 0 Å². The van der Waals surface area contributed by atoms with Crippen LogP contribution in [0.1, 0.15) is 38.2 Å². The summed E-state index contributed by atoms with van der Waals surface area (Å²) in [6.45, 7) is 6.97. The lowest BCUT2D eigenvalue weighted by Gasteiger charge is -2.22. The van der Waals surface area contributed by atoms with Gasteiger partial charge in [0.2, 0.25) is 0 Å². The van der Waals surface area contributed by atoms with Gasteiger partial charge in [0.1, 0.15) is 17.3 Å². The molecule has 0 fully saturated rings. The number of amides is 1. The molecule has 5 heteroatoms. The van der Waals surface area contributed by atoms with Crippen LogP contribution in [-0.4, -0.2) is 28.1 Å². The van der Waals surface area contributed by atoms with Gasteiger partial charge < -0.3 is 14.6 Å². The smallest absolute Gasteiger partial charge is 0.328 e. The van der Waals surface area contributed by atoms with Crippen molar-refractivity contribution in [1.82, 2.24) is 9.88 Å². The first-order valence-corrected chi connectivity index (χ1v) is 5.86. The normalized spacial score (nSPS) is 12.9. The summed E-state index contributed by atoms with van der Waals surface area (Å²) in [4.78, 5) is 23.6. The maximum Gasteiger partial charge on any atom is 0.328 e. The van der Waals surface area contributed by atoms with E-state index in [0.29, 0.717) is 5.69 Å². The zero-order chi connectivity index (χ0) is 13.9. The Balaban J connectivity index is 2.60. The molecule has 0 aliphatic carbocycles. The van der Waals surface area contributed by atoms with Crippen LogP contribution in [0.4, 0.5) is 0 Å². The SMILES string of the molecule is C[C@@H](NC(=O)c1cccn1C)C(=O)OC(C)(C)C. The zero-order valence-corrected chi connectivity index (χ0v) is 11.5. The van der Waals surface area contributed by atoms with Crippen molar-refractivity contribution < 1.29 is 14.3 Å². The molecule has 18 heavy (non-hydrogen) atoms. The average molecular weight is 252 g/mol. The molecule has 1 heterocycles. The second-order valence-electron chi connectivity index (χ2n) is 5.23. The lowest BCUT2D eigenvalue weighted by atomic mass is 10.2. The van der Waals surface area contributed by atoms with E-state index < -0.39 is 17.6 Å². The van der Waals surface area contributed by atoms with E-state index in [1.807, 2.05) is 0 Å². The Morgan fingerprint density at radius 1 is 1.39 bits per heavy atom. The minimum absolute atomic E-state index is 0.291. The van der Waals surface area contributed by atoms with Crippen molar-refractivity contribution in [3.8, 4) is 0 Å².